The summed E-state index contributed by atoms with van der Waals surface area (Å²) in [4.78, 5) is 25.7. The Bertz CT molecular complexity index is 1950. The van der Waals surface area contributed by atoms with E-state index in [1.165, 1.54) is 19.4 Å². The largest absolute Gasteiger partial charge is 0.496 e. The van der Waals surface area contributed by atoms with Gasteiger partial charge in [-0.05, 0) is 66.9 Å². The fourth-order valence-electron chi connectivity index (χ4n) is 5.40. The van der Waals surface area contributed by atoms with Gasteiger partial charge in [-0.2, -0.15) is 10.2 Å². The lowest BCUT2D eigenvalue weighted by molar-refractivity contribution is 0.0601. The van der Waals surface area contributed by atoms with Gasteiger partial charge in [-0.3, -0.25) is 0 Å². The fourth-order valence-corrected chi connectivity index (χ4v) is 5.56. The molecule has 2 aromatic heterocycles. The van der Waals surface area contributed by atoms with Gasteiger partial charge in [0.2, 0.25) is 0 Å². The number of methoxy groups -OCH3 is 2. The maximum absolute atomic E-state index is 15.6. The molecule has 1 saturated carbocycles. The van der Waals surface area contributed by atoms with E-state index in [0.29, 0.717) is 58.1 Å². The number of benzene rings is 3. The Balaban J connectivity index is 1.25. The van der Waals surface area contributed by atoms with Gasteiger partial charge in [0.05, 0.1) is 42.6 Å². The third kappa shape index (κ3) is 6.44. The van der Waals surface area contributed by atoms with Crippen LogP contribution in [0.3, 0.4) is 0 Å². The van der Waals surface area contributed by atoms with Gasteiger partial charge in [0.1, 0.15) is 24.0 Å². The standard InChI is InChI=1S/C34H29ClFN5O4/c1-43-30-18-24(35)6-4-23(30)19-45-33-38-14-9-27(40-33)25-7-3-21(15-26(25)36)16-31-39-28-8-5-22(32(42)44-2)17-29(28)41(31)20-34(10-11-34)12-13-37/h3-9,14-15,17-18H,10-12,16,19-20H2,1-2H3. The first kappa shape index (κ1) is 30.0. The molecule has 1 aliphatic rings. The van der Waals surface area contributed by atoms with Gasteiger partial charge in [-0.15, -0.1) is 0 Å². The molecule has 1 fully saturated rings. The molecule has 0 saturated heterocycles. The first-order valence-electron chi connectivity index (χ1n) is 14.3. The quantitative estimate of drug-likeness (QED) is 0.145. The molecule has 0 bridgehead atoms. The van der Waals surface area contributed by atoms with Crippen LogP contribution in [0.25, 0.3) is 22.3 Å². The summed E-state index contributed by atoms with van der Waals surface area (Å²) < 4.78 is 33.7. The Morgan fingerprint density at radius 1 is 1.09 bits per heavy atom. The Labute approximate surface area is 264 Å². The maximum atomic E-state index is 15.6. The number of imidazole rings is 1. The number of nitriles is 1. The average Bonchev–Trinajstić information content (AvgIpc) is 3.73. The number of ether oxygens (including phenoxy) is 3. The summed E-state index contributed by atoms with van der Waals surface area (Å²) in [6, 6.07) is 19.5. The fraction of sp³-hybridized carbons (Fsp3) is 0.265. The number of carbonyl (C=O) groups excluding carboxylic acids is 1. The third-order valence-corrected chi connectivity index (χ3v) is 8.30. The molecule has 6 rings (SSSR count). The molecule has 11 heteroatoms. The highest BCUT2D eigenvalue weighted by molar-refractivity contribution is 6.30. The lowest BCUT2D eigenvalue weighted by Crippen LogP contribution is -2.14. The van der Waals surface area contributed by atoms with Crippen molar-refractivity contribution in [3.63, 3.8) is 0 Å². The van der Waals surface area contributed by atoms with Gasteiger partial charge in [-0.25, -0.2) is 19.2 Å². The van der Waals surface area contributed by atoms with Crippen molar-refractivity contribution in [3.05, 3.63) is 100 Å². The van der Waals surface area contributed by atoms with Gasteiger partial charge in [0.15, 0.2) is 0 Å². The van der Waals surface area contributed by atoms with Crippen molar-refractivity contribution in [2.45, 2.75) is 38.8 Å². The number of hydrogen-bond donors (Lipinski definition) is 0. The molecular formula is C34H29ClFN5O4. The topological polar surface area (TPSA) is 112 Å². The summed E-state index contributed by atoms with van der Waals surface area (Å²) in [6.45, 7) is 0.728. The molecule has 0 N–H and O–H groups in total. The lowest BCUT2D eigenvalue weighted by atomic mass is 10.0. The van der Waals surface area contributed by atoms with E-state index < -0.39 is 11.8 Å². The SMILES string of the molecule is COC(=O)c1ccc2nc(Cc3ccc(-c4ccnc(OCc5ccc(Cl)cc5OC)n4)c(F)c3)n(CC3(CC#N)CC3)c2c1. The van der Waals surface area contributed by atoms with E-state index in [4.69, 9.17) is 30.8 Å². The van der Waals surface area contributed by atoms with Gasteiger partial charge in [-0.1, -0.05) is 23.7 Å². The van der Waals surface area contributed by atoms with E-state index in [2.05, 4.69) is 20.6 Å². The zero-order chi connectivity index (χ0) is 31.6. The minimum absolute atomic E-state index is 0.0967. The molecule has 3 aromatic carbocycles. The molecule has 0 unspecified atom stereocenters. The normalized spacial score (nSPS) is 13.3. The molecule has 9 nitrogen and oxygen atoms in total. The predicted octanol–water partition coefficient (Wildman–Crippen LogP) is 6.94. The Kier molecular flexibility index (Phi) is 8.37. The molecule has 0 atom stereocenters. The summed E-state index contributed by atoms with van der Waals surface area (Å²) in [6.07, 6.45) is 4.19. The molecule has 0 aliphatic heterocycles. The minimum Gasteiger partial charge on any atom is -0.496 e. The maximum Gasteiger partial charge on any atom is 0.337 e. The number of nitrogens with zero attached hydrogens (tertiary/aromatic N) is 5. The second-order valence-corrected chi connectivity index (χ2v) is 11.5. The van der Waals surface area contributed by atoms with Crippen LogP contribution in [0.5, 0.6) is 11.8 Å². The van der Waals surface area contributed by atoms with Gasteiger partial charge in [0, 0.05) is 47.1 Å². The van der Waals surface area contributed by atoms with Crippen molar-refractivity contribution >= 4 is 28.6 Å². The molecule has 0 radical (unpaired) electrons. The van der Waals surface area contributed by atoms with Crippen LogP contribution in [0.1, 0.15) is 46.6 Å². The summed E-state index contributed by atoms with van der Waals surface area (Å²) in [5, 5.41) is 9.96. The Morgan fingerprint density at radius 3 is 2.67 bits per heavy atom. The Morgan fingerprint density at radius 2 is 1.93 bits per heavy atom. The van der Waals surface area contributed by atoms with Crippen LogP contribution in [0.2, 0.25) is 5.02 Å². The second kappa shape index (κ2) is 12.5. The number of esters is 1. The number of hydrogen-bond acceptors (Lipinski definition) is 8. The van der Waals surface area contributed by atoms with Crippen LogP contribution >= 0.6 is 11.6 Å². The van der Waals surface area contributed by atoms with Gasteiger partial charge in [0.25, 0.3) is 0 Å². The molecule has 0 spiro atoms. The van der Waals surface area contributed by atoms with E-state index in [-0.39, 0.29) is 18.0 Å². The monoisotopic (exact) mass is 625 g/mol. The third-order valence-electron chi connectivity index (χ3n) is 8.06. The smallest absolute Gasteiger partial charge is 0.337 e. The number of rotatable bonds is 11. The summed E-state index contributed by atoms with van der Waals surface area (Å²) in [7, 11) is 2.89. The van der Waals surface area contributed by atoms with E-state index >= 15 is 4.39 Å². The van der Waals surface area contributed by atoms with E-state index in [1.807, 2.05) is 6.07 Å². The zero-order valence-electron chi connectivity index (χ0n) is 24.7. The number of carbonyl (C=O) groups is 1. The summed E-state index contributed by atoms with van der Waals surface area (Å²) in [5.74, 6) is 0.411. The van der Waals surface area contributed by atoms with E-state index in [9.17, 15) is 10.1 Å². The van der Waals surface area contributed by atoms with Gasteiger partial charge < -0.3 is 18.8 Å². The summed E-state index contributed by atoms with van der Waals surface area (Å²) >= 11 is 6.05. The minimum atomic E-state index is -0.449. The van der Waals surface area contributed by atoms with Gasteiger partial charge >= 0.3 is 12.0 Å². The predicted molar refractivity (Wildman–Crippen MR) is 166 cm³/mol. The highest BCUT2D eigenvalue weighted by Crippen LogP contribution is 2.50. The molecular weight excluding hydrogens is 597 g/mol. The van der Waals surface area contributed by atoms with Crippen molar-refractivity contribution in [1.29, 1.82) is 5.26 Å². The number of aromatic nitrogens is 4. The molecule has 1 aliphatic carbocycles. The first-order valence-corrected chi connectivity index (χ1v) is 14.7. The molecule has 5 aromatic rings. The van der Waals surface area contributed by atoms with E-state index in [0.717, 1.165) is 29.7 Å². The van der Waals surface area contributed by atoms with Crippen molar-refractivity contribution in [2.24, 2.45) is 5.41 Å². The van der Waals surface area contributed by atoms with Crippen LogP contribution in [-0.4, -0.2) is 39.7 Å². The zero-order valence-corrected chi connectivity index (χ0v) is 25.5. The van der Waals surface area contributed by atoms with Crippen LogP contribution in [-0.2, 0) is 24.3 Å². The van der Waals surface area contributed by atoms with Crippen LogP contribution in [0.4, 0.5) is 4.39 Å². The van der Waals surface area contributed by atoms with Crippen molar-refractivity contribution < 1.29 is 23.4 Å². The second-order valence-electron chi connectivity index (χ2n) is 11.1. The van der Waals surface area contributed by atoms with Crippen LogP contribution in [0.15, 0.2) is 66.9 Å². The molecule has 0 amide bonds. The molecule has 45 heavy (non-hydrogen) atoms. The van der Waals surface area contributed by atoms with Crippen LogP contribution in [0, 0.1) is 22.6 Å². The molecule has 2 heterocycles. The Hall–Kier alpha value is -5.01. The number of halogens is 2. The van der Waals surface area contributed by atoms with E-state index in [1.54, 1.807) is 55.6 Å². The highest BCUT2D eigenvalue weighted by atomic mass is 35.5. The summed E-state index contributed by atoms with van der Waals surface area (Å²) in [5.41, 5.74) is 3.94. The first-order chi connectivity index (χ1) is 21.8. The lowest BCUT2D eigenvalue weighted by Gasteiger charge is -2.16. The van der Waals surface area contributed by atoms with Crippen molar-refractivity contribution in [1.82, 2.24) is 19.5 Å². The van der Waals surface area contributed by atoms with Crippen LogP contribution < -0.4 is 9.47 Å². The van der Waals surface area contributed by atoms with Crippen molar-refractivity contribution in [2.75, 3.05) is 14.2 Å². The highest BCUT2D eigenvalue weighted by Gasteiger charge is 2.43. The van der Waals surface area contributed by atoms with Crippen molar-refractivity contribution in [3.8, 4) is 29.1 Å². The average molecular weight is 626 g/mol. The molecule has 228 valence electrons. The number of fused-ring (bicyclic) bond motifs is 1.